The molecule has 2 aromatic carbocycles. The Bertz CT molecular complexity index is 1020. The van der Waals surface area contributed by atoms with E-state index in [1.54, 1.807) is 30.7 Å². The van der Waals surface area contributed by atoms with E-state index in [1.165, 1.54) is 6.26 Å². The summed E-state index contributed by atoms with van der Waals surface area (Å²) in [7, 11) is -3.20. The first-order valence-corrected chi connectivity index (χ1v) is 9.58. The third-order valence-corrected chi connectivity index (χ3v) is 4.87. The fraction of sp³-hybridized carbons (Fsp3) is 0.111. The first-order valence-electron chi connectivity index (χ1n) is 7.69. The molecule has 0 unspecified atom stereocenters. The molecule has 0 bridgehead atoms. The van der Waals surface area contributed by atoms with Crippen molar-refractivity contribution in [2.24, 2.45) is 5.73 Å². The molecule has 3 rings (SSSR count). The van der Waals surface area contributed by atoms with Crippen molar-refractivity contribution in [2.45, 2.75) is 11.3 Å². The van der Waals surface area contributed by atoms with E-state index in [4.69, 9.17) is 10.3 Å². The van der Waals surface area contributed by atoms with Gasteiger partial charge in [-0.25, -0.2) is 8.42 Å². The number of hydrogen-bond donors (Lipinski definition) is 1. The van der Waals surface area contributed by atoms with Gasteiger partial charge in [-0.2, -0.15) is 4.98 Å². The van der Waals surface area contributed by atoms with E-state index in [2.05, 4.69) is 10.1 Å². The van der Waals surface area contributed by atoms with Crippen LogP contribution < -0.4 is 5.73 Å². The van der Waals surface area contributed by atoms with Gasteiger partial charge in [0.2, 0.25) is 5.89 Å². The zero-order valence-electron chi connectivity index (χ0n) is 13.9. The van der Waals surface area contributed by atoms with E-state index in [0.717, 1.165) is 16.7 Å². The zero-order chi connectivity index (χ0) is 18.7. The molecule has 0 saturated carbocycles. The second-order valence-corrected chi connectivity index (χ2v) is 7.74. The van der Waals surface area contributed by atoms with Gasteiger partial charge in [-0.15, -0.1) is 0 Å². The maximum Gasteiger partial charge on any atom is 0.290 e. The van der Waals surface area contributed by atoms with E-state index >= 15 is 0 Å². The lowest BCUT2D eigenvalue weighted by Gasteiger charge is -2.05. The average molecular weight is 370 g/mol. The van der Waals surface area contributed by atoms with E-state index < -0.39 is 15.7 Å². The SMILES string of the molecule is CS(=O)(=O)c1ccc(-c2ccc(C[CH]c3nc(C(N)=O)no3)cc2)cc1. The lowest BCUT2D eigenvalue weighted by molar-refractivity contribution is 0.0987. The molecule has 0 aliphatic rings. The lowest BCUT2D eigenvalue weighted by atomic mass is 10.0. The van der Waals surface area contributed by atoms with Crippen LogP contribution in [0.15, 0.2) is 57.9 Å². The van der Waals surface area contributed by atoms with Crippen molar-refractivity contribution in [3.05, 3.63) is 72.2 Å². The number of hydrogen-bond acceptors (Lipinski definition) is 6. The molecule has 0 atom stereocenters. The van der Waals surface area contributed by atoms with Crippen LogP contribution in [0.3, 0.4) is 0 Å². The molecule has 0 spiro atoms. The van der Waals surface area contributed by atoms with Crippen LogP contribution in [-0.2, 0) is 16.3 Å². The number of nitrogens with zero attached hydrogens (tertiary/aromatic N) is 2. The van der Waals surface area contributed by atoms with Crippen molar-refractivity contribution in [3.8, 4) is 11.1 Å². The van der Waals surface area contributed by atoms with Crippen LogP contribution in [-0.4, -0.2) is 30.7 Å². The molecule has 0 aliphatic heterocycles. The van der Waals surface area contributed by atoms with Gasteiger partial charge in [0.15, 0.2) is 9.84 Å². The maximum absolute atomic E-state index is 11.5. The minimum absolute atomic E-state index is 0.149. The Morgan fingerprint density at radius 3 is 2.15 bits per heavy atom. The molecule has 0 saturated heterocycles. The summed E-state index contributed by atoms with van der Waals surface area (Å²) in [6, 6.07) is 14.5. The smallest absolute Gasteiger partial charge is 0.290 e. The second-order valence-electron chi connectivity index (χ2n) is 5.72. The Labute approximate surface area is 150 Å². The van der Waals surface area contributed by atoms with Crippen LogP contribution in [0.1, 0.15) is 22.1 Å². The van der Waals surface area contributed by atoms with Gasteiger partial charge in [-0.05, 0) is 35.2 Å². The highest BCUT2D eigenvalue weighted by Crippen LogP contribution is 2.22. The van der Waals surface area contributed by atoms with Gasteiger partial charge in [-0.3, -0.25) is 4.79 Å². The monoisotopic (exact) mass is 370 g/mol. The van der Waals surface area contributed by atoms with E-state index in [1.807, 2.05) is 24.3 Å². The number of aromatic nitrogens is 2. The highest BCUT2D eigenvalue weighted by Gasteiger charge is 2.11. The third-order valence-electron chi connectivity index (χ3n) is 3.74. The predicted molar refractivity (Wildman–Crippen MR) is 94.9 cm³/mol. The number of primary amides is 1. The number of carbonyl (C=O) groups excluding carboxylic acids is 1. The summed E-state index contributed by atoms with van der Waals surface area (Å²) in [4.78, 5) is 15.1. The molecule has 1 amide bonds. The molecule has 0 fully saturated rings. The van der Waals surface area contributed by atoms with Crippen LogP contribution in [0.4, 0.5) is 0 Å². The summed E-state index contributed by atoms with van der Waals surface area (Å²) >= 11 is 0. The van der Waals surface area contributed by atoms with Gasteiger partial charge in [0.1, 0.15) is 0 Å². The lowest BCUT2D eigenvalue weighted by Crippen LogP contribution is -2.12. The Morgan fingerprint density at radius 1 is 1.08 bits per heavy atom. The molecule has 1 heterocycles. The van der Waals surface area contributed by atoms with Gasteiger partial charge >= 0.3 is 0 Å². The van der Waals surface area contributed by atoms with Gasteiger partial charge in [0.05, 0.1) is 11.3 Å². The van der Waals surface area contributed by atoms with E-state index in [-0.39, 0.29) is 11.7 Å². The molecule has 2 N–H and O–H groups in total. The van der Waals surface area contributed by atoms with Gasteiger partial charge in [0.25, 0.3) is 11.7 Å². The maximum atomic E-state index is 11.5. The number of nitrogens with two attached hydrogens (primary N) is 1. The molecule has 1 radical (unpaired) electrons. The first kappa shape index (κ1) is 17.8. The van der Waals surface area contributed by atoms with Crippen LogP contribution in [0.5, 0.6) is 0 Å². The van der Waals surface area contributed by atoms with Gasteiger partial charge in [0, 0.05) is 6.26 Å². The minimum Gasteiger partial charge on any atom is -0.363 e. The Kier molecular flexibility index (Phi) is 4.85. The average Bonchev–Trinajstić information content (AvgIpc) is 3.09. The van der Waals surface area contributed by atoms with E-state index in [9.17, 15) is 13.2 Å². The van der Waals surface area contributed by atoms with Crippen molar-refractivity contribution in [1.29, 1.82) is 0 Å². The molecule has 26 heavy (non-hydrogen) atoms. The number of carbonyl (C=O) groups is 1. The second kappa shape index (κ2) is 7.09. The number of benzene rings is 2. The quantitative estimate of drug-likeness (QED) is 0.710. The fourth-order valence-electron chi connectivity index (χ4n) is 2.35. The number of sulfone groups is 1. The van der Waals surface area contributed by atoms with Crippen molar-refractivity contribution in [3.63, 3.8) is 0 Å². The zero-order valence-corrected chi connectivity index (χ0v) is 14.7. The van der Waals surface area contributed by atoms with Crippen molar-refractivity contribution in [1.82, 2.24) is 10.1 Å². The van der Waals surface area contributed by atoms with Crippen LogP contribution in [0.25, 0.3) is 11.1 Å². The minimum atomic E-state index is -3.20. The molecule has 0 aliphatic carbocycles. The molecule has 7 nitrogen and oxygen atoms in total. The molecule has 133 valence electrons. The Balaban J connectivity index is 1.67. The summed E-state index contributed by atoms with van der Waals surface area (Å²) in [5.74, 6) is -0.650. The molecular formula is C18H16N3O4S. The molecular weight excluding hydrogens is 354 g/mol. The highest BCUT2D eigenvalue weighted by atomic mass is 32.2. The van der Waals surface area contributed by atoms with Gasteiger partial charge < -0.3 is 10.3 Å². The summed E-state index contributed by atoms with van der Waals surface area (Å²) in [5, 5.41) is 3.47. The standard InChI is InChI=1S/C18H16N3O4S/c1-26(23,24)15-9-7-14(8-10-15)13-5-2-12(3-6-13)4-11-16-20-18(17(19)22)21-25-16/h2-3,5-11H,4H2,1H3,(H2,19,22). The van der Waals surface area contributed by atoms with E-state index in [0.29, 0.717) is 11.3 Å². The van der Waals surface area contributed by atoms with Crippen LogP contribution >= 0.6 is 0 Å². The van der Waals surface area contributed by atoms with Crippen LogP contribution in [0, 0.1) is 6.42 Å². The van der Waals surface area contributed by atoms with Crippen molar-refractivity contribution < 1.29 is 17.7 Å². The summed E-state index contributed by atoms with van der Waals surface area (Å²) in [5.41, 5.74) is 7.98. The Morgan fingerprint density at radius 2 is 1.65 bits per heavy atom. The van der Waals surface area contributed by atoms with Crippen LogP contribution in [0.2, 0.25) is 0 Å². The number of amides is 1. The third kappa shape index (κ3) is 4.15. The largest absolute Gasteiger partial charge is 0.363 e. The fourth-order valence-corrected chi connectivity index (χ4v) is 2.98. The molecule has 3 aromatic rings. The normalized spacial score (nSPS) is 11.4. The Hall–Kier alpha value is -3.00. The van der Waals surface area contributed by atoms with Crippen molar-refractivity contribution in [2.75, 3.05) is 6.26 Å². The van der Waals surface area contributed by atoms with Gasteiger partial charge in [-0.1, -0.05) is 41.6 Å². The predicted octanol–water partition coefficient (Wildman–Crippen LogP) is 2.03. The summed E-state index contributed by atoms with van der Waals surface area (Å²) < 4.78 is 27.9. The number of rotatable bonds is 6. The topological polar surface area (TPSA) is 116 Å². The van der Waals surface area contributed by atoms with Crippen molar-refractivity contribution >= 4 is 15.7 Å². The summed E-state index contributed by atoms with van der Waals surface area (Å²) in [6.45, 7) is 0. The molecule has 8 heteroatoms. The summed E-state index contributed by atoms with van der Waals surface area (Å²) in [6.07, 6.45) is 3.44. The first-order chi connectivity index (χ1) is 12.3. The molecule has 1 aromatic heterocycles. The highest BCUT2D eigenvalue weighted by molar-refractivity contribution is 7.90.